The van der Waals surface area contributed by atoms with Crippen LogP contribution in [0.2, 0.25) is 0 Å². The Balaban J connectivity index is 1.39. The number of para-hydroxylation sites is 1. The van der Waals surface area contributed by atoms with Crippen LogP contribution in [0.25, 0.3) is 0 Å². The number of aromatic nitrogens is 2. The summed E-state index contributed by atoms with van der Waals surface area (Å²) < 4.78 is 0. The van der Waals surface area contributed by atoms with E-state index in [4.69, 9.17) is 0 Å². The molecule has 1 saturated heterocycles. The standard InChI is InChI=1S/C24H27N5O2S/c1-15-10-11-19(13-17(15)3)25-24(31)29-12-6-8-18(14-29)22-27-28-23(32-22)21(30)26-20-9-5-4-7-16(20)2/h4-5,7,9-11,13,18H,6,8,12,14H2,1-3H3,(H,25,31)(H,26,30)/t18-/m0/s1. The molecule has 7 nitrogen and oxygen atoms in total. The van der Waals surface area contributed by atoms with Gasteiger partial charge in [0.05, 0.1) is 0 Å². The average Bonchev–Trinajstić information content (AvgIpc) is 3.28. The molecule has 2 heterocycles. The van der Waals surface area contributed by atoms with Gasteiger partial charge in [-0.2, -0.15) is 0 Å². The number of carbonyl (C=O) groups excluding carboxylic acids is 2. The zero-order chi connectivity index (χ0) is 22.7. The molecule has 0 aliphatic carbocycles. The van der Waals surface area contributed by atoms with E-state index in [1.807, 2.05) is 68.1 Å². The normalized spacial score (nSPS) is 16.0. The lowest BCUT2D eigenvalue weighted by molar-refractivity contribution is 0.102. The topological polar surface area (TPSA) is 87.2 Å². The van der Waals surface area contributed by atoms with E-state index in [0.29, 0.717) is 18.1 Å². The highest BCUT2D eigenvalue weighted by molar-refractivity contribution is 7.13. The van der Waals surface area contributed by atoms with E-state index in [0.717, 1.165) is 40.4 Å². The second kappa shape index (κ2) is 9.48. The molecule has 0 unspecified atom stereocenters. The number of nitrogens with zero attached hydrogens (tertiary/aromatic N) is 3. The van der Waals surface area contributed by atoms with Gasteiger partial charge in [0.2, 0.25) is 5.01 Å². The first-order valence-corrected chi connectivity index (χ1v) is 11.6. The van der Waals surface area contributed by atoms with Crippen molar-refractivity contribution in [3.63, 3.8) is 0 Å². The number of benzene rings is 2. The maximum absolute atomic E-state index is 12.8. The fourth-order valence-electron chi connectivity index (χ4n) is 3.77. The fourth-order valence-corrected chi connectivity index (χ4v) is 4.63. The van der Waals surface area contributed by atoms with Gasteiger partial charge < -0.3 is 15.5 Å². The van der Waals surface area contributed by atoms with Crippen molar-refractivity contribution < 1.29 is 9.59 Å². The largest absolute Gasteiger partial charge is 0.324 e. The van der Waals surface area contributed by atoms with Crippen molar-refractivity contribution in [2.75, 3.05) is 23.7 Å². The van der Waals surface area contributed by atoms with Crippen molar-refractivity contribution in [3.05, 3.63) is 69.2 Å². The lowest BCUT2D eigenvalue weighted by Crippen LogP contribution is -2.41. The number of rotatable bonds is 4. The summed E-state index contributed by atoms with van der Waals surface area (Å²) in [5, 5.41) is 15.4. The molecule has 8 heteroatoms. The Morgan fingerprint density at radius 3 is 2.59 bits per heavy atom. The van der Waals surface area contributed by atoms with Crippen LogP contribution in [0.3, 0.4) is 0 Å². The first-order chi connectivity index (χ1) is 15.4. The van der Waals surface area contributed by atoms with E-state index >= 15 is 0 Å². The van der Waals surface area contributed by atoms with Crippen LogP contribution in [-0.4, -0.2) is 40.1 Å². The predicted molar refractivity (Wildman–Crippen MR) is 128 cm³/mol. The summed E-state index contributed by atoms with van der Waals surface area (Å²) in [6.45, 7) is 7.29. The minimum atomic E-state index is -0.261. The highest BCUT2D eigenvalue weighted by atomic mass is 32.1. The molecule has 3 aromatic rings. The molecule has 2 N–H and O–H groups in total. The predicted octanol–water partition coefficient (Wildman–Crippen LogP) is 5.13. The number of hydrogen-bond acceptors (Lipinski definition) is 5. The van der Waals surface area contributed by atoms with Gasteiger partial charge >= 0.3 is 6.03 Å². The Hall–Kier alpha value is -3.26. The lowest BCUT2D eigenvalue weighted by Gasteiger charge is -2.31. The van der Waals surface area contributed by atoms with Gasteiger partial charge in [-0.25, -0.2) is 4.79 Å². The van der Waals surface area contributed by atoms with E-state index in [-0.39, 0.29) is 17.9 Å². The van der Waals surface area contributed by atoms with Crippen LogP contribution < -0.4 is 10.6 Å². The van der Waals surface area contributed by atoms with Crippen molar-refractivity contribution in [1.29, 1.82) is 0 Å². The zero-order valence-electron chi connectivity index (χ0n) is 18.5. The van der Waals surface area contributed by atoms with E-state index in [1.54, 1.807) is 0 Å². The van der Waals surface area contributed by atoms with Crippen LogP contribution in [0, 0.1) is 20.8 Å². The van der Waals surface area contributed by atoms with E-state index in [9.17, 15) is 9.59 Å². The summed E-state index contributed by atoms with van der Waals surface area (Å²) in [5.74, 6) is -0.185. The number of carbonyl (C=O) groups is 2. The van der Waals surface area contributed by atoms with E-state index in [1.165, 1.54) is 16.9 Å². The fraction of sp³-hybridized carbons (Fsp3) is 0.333. The van der Waals surface area contributed by atoms with Crippen molar-refractivity contribution in [2.45, 2.75) is 39.5 Å². The Bertz CT molecular complexity index is 1140. The summed E-state index contributed by atoms with van der Waals surface area (Å²) in [4.78, 5) is 27.2. The van der Waals surface area contributed by atoms with Crippen LogP contribution >= 0.6 is 11.3 Å². The molecule has 32 heavy (non-hydrogen) atoms. The number of nitrogens with one attached hydrogen (secondary N) is 2. The molecular formula is C24H27N5O2S. The lowest BCUT2D eigenvalue weighted by atomic mass is 9.99. The smallest absolute Gasteiger partial charge is 0.321 e. The van der Waals surface area contributed by atoms with Crippen molar-refractivity contribution in [1.82, 2.24) is 15.1 Å². The highest BCUT2D eigenvalue weighted by Crippen LogP contribution is 2.30. The molecule has 166 valence electrons. The van der Waals surface area contributed by atoms with Crippen LogP contribution in [0.4, 0.5) is 16.2 Å². The summed E-state index contributed by atoms with van der Waals surface area (Å²) in [6.07, 6.45) is 1.80. The van der Waals surface area contributed by atoms with Crippen molar-refractivity contribution in [2.24, 2.45) is 0 Å². The van der Waals surface area contributed by atoms with Crippen molar-refractivity contribution in [3.8, 4) is 0 Å². The maximum atomic E-state index is 12.8. The molecule has 2 aromatic carbocycles. The van der Waals surface area contributed by atoms with Gasteiger partial charge in [-0.05, 0) is 68.5 Å². The minimum absolute atomic E-state index is 0.0757. The summed E-state index contributed by atoms with van der Waals surface area (Å²) in [5.41, 5.74) is 4.89. The van der Waals surface area contributed by atoms with Gasteiger partial charge in [-0.3, -0.25) is 4.79 Å². The zero-order valence-corrected chi connectivity index (χ0v) is 19.3. The second-order valence-electron chi connectivity index (χ2n) is 8.23. The number of anilines is 2. The molecule has 0 saturated carbocycles. The first kappa shape index (κ1) is 22.0. The number of hydrogen-bond donors (Lipinski definition) is 2. The Morgan fingerprint density at radius 2 is 1.81 bits per heavy atom. The van der Waals surface area contributed by atoms with Crippen LogP contribution in [0.1, 0.15) is 50.3 Å². The van der Waals surface area contributed by atoms with Crippen LogP contribution in [-0.2, 0) is 0 Å². The van der Waals surface area contributed by atoms with Gasteiger partial charge in [0.1, 0.15) is 5.01 Å². The molecule has 1 aliphatic heterocycles. The van der Waals surface area contributed by atoms with Crippen LogP contribution in [0.5, 0.6) is 0 Å². The van der Waals surface area contributed by atoms with Gasteiger partial charge in [-0.15, -0.1) is 10.2 Å². The number of urea groups is 1. The molecule has 4 rings (SSSR count). The average molecular weight is 450 g/mol. The molecule has 1 aromatic heterocycles. The number of amides is 3. The number of aryl methyl sites for hydroxylation is 3. The molecule has 1 fully saturated rings. The SMILES string of the molecule is Cc1ccc(NC(=O)N2CCC[C@H](c3nnc(C(=O)Nc4ccccc4C)s3)C2)cc1C. The Morgan fingerprint density at radius 1 is 1.00 bits per heavy atom. The summed E-state index contributed by atoms with van der Waals surface area (Å²) in [7, 11) is 0. The van der Waals surface area contributed by atoms with Gasteiger partial charge in [0.15, 0.2) is 0 Å². The summed E-state index contributed by atoms with van der Waals surface area (Å²) >= 11 is 1.30. The monoisotopic (exact) mass is 449 g/mol. The number of piperidine rings is 1. The van der Waals surface area contributed by atoms with Gasteiger partial charge in [-0.1, -0.05) is 35.6 Å². The molecule has 0 bridgehead atoms. The molecule has 1 aliphatic rings. The van der Waals surface area contributed by atoms with E-state index in [2.05, 4.69) is 20.8 Å². The quantitative estimate of drug-likeness (QED) is 0.578. The minimum Gasteiger partial charge on any atom is -0.324 e. The second-order valence-corrected chi connectivity index (χ2v) is 9.24. The molecule has 0 spiro atoms. The molecule has 0 radical (unpaired) electrons. The van der Waals surface area contributed by atoms with Crippen LogP contribution in [0.15, 0.2) is 42.5 Å². The van der Waals surface area contributed by atoms with Gasteiger partial charge in [0.25, 0.3) is 5.91 Å². The van der Waals surface area contributed by atoms with Crippen molar-refractivity contribution >= 4 is 34.6 Å². The Kier molecular flexibility index (Phi) is 6.50. The maximum Gasteiger partial charge on any atom is 0.321 e. The number of likely N-dealkylation sites (tertiary alicyclic amines) is 1. The molecule has 3 amide bonds. The summed E-state index contributed by atoms with van der Waals surface area (Å²) in [6, 6.07) is 13.4. The van der Waals surface area contributed by atoms with Gasteiger partial charge in [0, 0.05) is 30.4 Å². The third kappa shape index (κ3) is 4.96. The Labute approximate surface area is 191 Å². The first-order valence-electron chi connectivity index (χ1n) is 10.7. The highest BCUT2D eigenvalue weighted by Gasteiger charge is 2.28. The third-order valence-electron chi connectivity index (χ3n) is 5.84. The third-order valence-corrected chi connectivity index (χ3v) is 6.93. The van der Waals surface area contributed by atoms with E-state index < -0.39 is 0 Å². The molecular weight excluding hydrogens is 422 g/mol. The molecule has 1 atom stereocenters.